The third kappa shape index (κ3) is 2.67. The second-order valence-electron chi connectivity index (χ2n) is 6.06. The van der Waals surface area contributed by atoms with Gasteiger partial charge >= 0.3 is 0 Å². The summed E-state index contributed by atoms with van der Waals surface area (Å²) in [5, 5.41) is 3.74. The maximum atomic E-state index is 4.27. The van der Waals surface area contributed by atoms with Crippen molar-refractivity contribution in [3.8, 4) is 0 Å². The van der Waals surface area contributed by atoms with Gasteiger partial charge in [-0.3, -0.25) is 9.88 Å². The van der Waals surface area contributed by atoms with Crippen molar-refractivity contribution in [2.24, 2.45) is 0 Å². The average Bonchev–Trinajstić information content (AvgIpc) is 2.79. The van der Waals surface area contributed by atoms with E-state index >= 15 is 0 Å². The first kappa shape index (κ1) is 13.1. The monoisotopic (exact) mass is 259 g/mol. The highest BCUT2D eigenvalue weighted by Crippen LogP contribution is 2.33. The van der Waals surface area contributed by atoms with Gasteiger partial charge in [0.2, 0.25) is 0 Å². The lowest BCUT2D eigenvalue weighted by Crippen LogP contribution is -2.48. The Morgan fingerprint density at radius 2 is 2.11 bits per heavy atom. The fraction of sp³-hybridized carbons (Fsp3) is 0.688. The van der Waals surface area contributed by atoms with Crippen molar-refractivity contribution in [3.63, 3.8) is 0 Å². The zero-order chi connectivity index (χ0) is 13.2. The quantitative estimate of drug-likeness (QED) is 0.901. The summed E-state index contributed by atoms with van der Waals surface area (Å²) >= 11 is 0. The number of nitrogens with one attached hydrogen (secondary N) is 1. The van der Waals surface area contributed by atoms with Crippen molar-refractivity contribution in [1.29, 1.82) is 0 Å². The number of aromatic nitrogens is 1. The second kappa shape index (κ2) is 5.59. The van der Waals surface area contributed by atoms with E-state index in [9.17, 15) is 0 Å². The van der Waals surface area contributed by atoms with E-state index in [1.165, 1.54) is 31.2 Å². The highest BCUT2D eigenvalue weighted by Gasteiger charge is 2.36. The van der Waals surface area contributed by atoms with Crippen LogP contribution in [0.4, 0.5) is 0 Å². The molecule has 0 radical (unpaired) electrons. The fourth-order valence-corrected chi connectivity index (χ4v) is 3.96. The minimum absolute atomic E-state index is 0.473. The molecule has 19 heavy (non-hydrogen) atoms. The summed E-state index contributed by atoms with van der Waals surface area (Å²) in [6.07, 6.45) is 9.25. The third-order valence-electron chi connectivity index (χ3n) is 4.95. The van der Waals surface area contributed by atoms with Gasteiger partial charge in [0.25, 0.3) is 0 Å². The van der Waals surface area contributed by atoms with Crippen LogP contribution in [0.1, 0.15) is 51.1 Å². The third-order valence-corrected chi connectivity index (χ3v) is 4.95. The Kier molecular flexibility index (Phi) is 3.85. The summed E-state index contributed by atoms with van der Waals surface area (Å²) in [7, 11) is 0. The smallest absolute Gasteiger partial charge is 0.0337 e. The Balaban J connectivity index is 1.73. The van der Waals surface area contributed by atoms with E-state index in [1.807, 2.05) is 18.5 Å². The van der Waals surface area contributed by atoms with Crippen LogP contribution in [0.2, 0.25) is 0 Å². The van der Waals surface area contributed by atoms with Gasteiger partial charge in [0, 0.05) is 36.6 Å². The molecule has 3 atom stereocenters. The predicted octanol–water partition coefficient (Wildman–Crippen LogP) is 2.75. The number of fused-ring (bicyclic) bond motifs is 2. The summed E-state index contributed by atoms with van der Waals surface area (Å²) in [5.41, 5.74) is 1.34. The lowest BCUT2D eigenvalue weighted by molar-refractivity contribution is 0.107. The molecule has 1 N–H and O–H groups in total. The van der Waals surface area contributed by atoms with Gasteiger partial charge in [-0.15, -0.1) is 0 Å². The van der Waals surface area contributed by atoms with E-state index in [1.54, 1.807) is 0 Å². The lowest BCUT2D eigenvalue weighted by atomic mass is 9.95. The highest BCUT2D eigenvalue weighted by molar-refractivity contribution is 5.14. The molecule has 3 heteroatoms. The molecule has 0 spiro atoms. The number of hydrogen-bond donors (Lipinski definition) is 1. The molecule has 2 aliphatic heterocycles. The Hall–Kier alpha value is -0.930. The predicted molar refractivity (Wildman–Crippen MR) is 78.0 cm³/mol. The van der Waals surface area contributed by atoms with Gasteiger partial charge in [-0.1, -0.05) is 13.0 Å². The van der Waals surface area contributed by atoms with E-state index in [0.29, 0.717) is 6.04 Å². The molecule has 1 aromatic heterocycles. The van der Waals surface area contributed by atoms with Crippen LogP contribution >= 0.6 is 0 Å². The molecule has 2 bridgehead atoms. The first-order valence-corrected chi connectivity index (χ1v) is 7.69. The van der Waals surface area contributed by atoms with Crippen LogP contribution < -0.4 is 5.32 Å². The van der Waals surface area contributed by atoms with Crippen LogP contribution in [-0.4, -0.2) is 34.6 Å². The largest absolute Gasteiger partial charge is 0.311 e. The van der Waals surface area contributed by atoms with Crippen molar-refractivity contribution in [1.82, 2.24) is 15.2 Å². The summed E-state index contributed by atoms with van der Waals surface area (Å²) in [6, 6.07) is 6.99. The van der Waals surface area contributed by atoms with E-state index < -0.39 is 0 Å². The number of rotatable bonds is 4. The van der Waals surface area contributed by atoms with Crippen molar-refractivity contribution < 1.29 is 0 Å². The molecule has 1 aromatic rings. The van der Waals surface area contributed by atoms with Crippen LogP contribution in [0.15, 0.2) is 24.5 Å². The highest BCUT2D eigenvalue weighted by atomic mass is 15.2. The topological polar surface area (TPSA) is 28.2 Å². The molecular formula is C16H25N3. The van der Waals surface area contributed by atoms with Gasteiger partial charge in [-0.25, -0.2) is 0 Å². The summed E-state index contributed by atoms with van der Waals surface area (Å²) in [6.45, 7) is 5.74. The summed E-state index contributed by atoms with van der Waals surface area (Å²) < 4.78 is 0. The van der Waals surface area contributed by atoms with Crippen LogP contribution in [0.5, 0.6) is 0 Å². The molecule has 0 amide bonds. The van der Waals surface area contributed by atoms with E-state index in [2.05, 4.69) is 35.1 Å². The zero-order valence-electron chi connectivity index (χ0n) is 12.0. The number of piperidine rings is 1. The Labute approximate surface area is 116 Å². The summed E-state index contributed by atoms with van der Waals surface area (Å²) in [5.74, 6) is 0. The average molecular weight is 259 g/mol. The lowest BCUT2D eigenvalue weighted by Gasteiger charge is -2.40. The normalized spacial score (nSPS) is 31.6. The molecule has 0 saturated carbocycles. The van der Waals surface area contributed by atoms with Gasteiger partial charge in [-0.05, 0) is 50.8 Å². The SMILES string of the molecule is CCN(C1CC2CCC(C1)N2)C(C)c1cccnc1. The Morgan fingerprint density at radius 1 is 1.37 bits per heavy atom. The van der Waals surface area contributed by atoms with Crippen LogP contribution in [0.3, 0.4) is 0 Å². The molecule has 2 saturated heterocycles. The molecule has 3 rings (SSSR count). The van der Waals surface area contributed by atoms with Gasteiger partial charge < -0.3 is 5.32 Å². The second-order valence-corrected chi connectivity index (χ2v) is 6.06. The van der Waals surface area contributed by atoms with Crippen molar-refractivity contribution in [3.05, 3.63) is 30.1 Å². The van der Waals surface area contributed by atoms with Crippen LogP contribution in [0.25, 0.3) is 0 Å². The van der Waals surface area contributed by atoms with Gasteiger partial charge in [0.1, 0.15) is 0 Å². The minimum atomic E-state index is 0.473. The number of pyridine rings is 1. The Bertz CT molecular complexity index is 394. The first-order chi connectivity index (χ1) is 9.28. The van der Waals surface area contributed by atoms with Crippen molar-refractivity contribution in [2.45, 2.75) is 63.7 Å². The molecule has 3 nitrogen and oxygen atoms in total. The standard InChI is InChI=1S/C16H25N3/c1-3-19(12(2)13-5-4-8-17-11-13)16-9-14-6-7-15(10-16)18-14/h4-5,8,11-12,14-16,18H,3,6-7,9-10H2,1-2H3. The molecule has 2 fully saturated rings. The molecular weight excluding hydrogens is 234 g/mol. The van der Waals surface area contributed by atoms with Crippen molar-refractivity contribution in [2.75, 3.05) is 6.54 Å². The molecule has 3 unspecified atom stereocenters. The molecule has 3 heterocycles. The van der Waals surface area contributed by atoms with E-state index in [-0.39, 0.29) is 0 Å². The van der Waals surface area contributed by atoms with E-state index in [4.69, 9.17) is 0 Å². The van der Waals surface area contributed by atoms with Crippen LogP contribution in [-0.2, 0) is 0 Å². The van der Waals surface area contributed by atoms with Gasteiger partial charge in [0.05, 0.1) is 0 Å². The maximum absolute atomic E-state index is 4.27. The molecule has 0 aromatic carbocycles. The summed E-state index contributed by atoms with van der Waals surface area (Å²) in [4.78, 5) is 6.94. The number of nitrogens with zero attached hydrogens (tertiary/aromatic N) is 2. The minimum Gasteiger partial charge on any atom is -0.311 e. The van der Waals surface area contributed by atoms with E-state index in [0.717, 1.165) is 24.7 Å². The van der Waals surface area contributed by atoms with Crippen LogP contribution in [0, 0.1) is 0 Å². The zero-order valence-corrected chi connectivity index (χ0v) is 12.0. The number of hydrogen-bond acceptors (Lipinski definition) is 3. The first-order valence-electron chi connectivity index (χ1n) is 7.69. The molecule has 0 aliphatic carbocycles. The Morgan fingerprint density at radius 3 is 2.68 bits per heavy atom. The van der Waals surface area contributed by atoms with Gasteiger partial charge in [-0.2, -0.15) is 0 Å². The molecule has 104 valence electrons. The molecule has 2 aliphatic rings. The van der Waals surface area contributed by atoms with Gasteiger partial charge in [0.15, 0.2) is 0 Å². The maximum Gasteiger partial charge on any atom is 0.0337 e. The van der Waals surface area contributed by atoms with Crippen molar-refractivity contribution >= 4 is 0 Å². The fourth-order valence-electron chi connectivity index (χ4n) is 3.96.